The van der Waals surface area contributed by atoms with Crippen LogP contribution in [0.15, 0.2) is 36.4 Å². The fourth-order valence-corrected chi connectivity index (χ4v) is 2.56. The van der Waals surface area contributed by atoms with Gasteiger partial charge in [0, 0.05) is 6.54 Å². The highest BCUT2D eigenvalue weighted by molar-refractivity contribution is 5.78. The number of carbonyl (C=O) groups excluding carboxylic acids is 1. The van der Waals surface area contributed by atoms with Gasteiger partial charge in [-0.05, 0) is 42.3 Å². The third-order valence-corrected chi connectivity index (χ3v) is 3.81. The van der Waals surface area contributed by atoms with Crippen molar-refractivity contribution in [3.63, 3.8) is 0 Å². The Morgan fingerprint density at radius 1 is 0.923 bits per heavy atom. The molecule has 0 radical (unpaired) electrons. The number of benzene rings is 2. The molecule has 2 aromatic carbocycles. The zero-order valence-corrected chi connectivity index (χ0v) is 15.6. The Bertz CT molecular complexity index is 702. The van der Waals surface area contributed by atoms with E-state index in [0.29, 0.717) is 36.8 Å². The maximum Gasteiger partial charge on any atom is 0.224 e. The standard InChI is InChI=1S/C20H25NO5/c1-5-26-16-8-6-14(7-9-16)12-19(22)21-13-15-10-17(23-2)20(25-4)18(11-15)24-3/h6-11H,5,12-13H2,1-4H3,(H,21,22). The number of hydrogen-bond donors (Lipinski definition) is 1. The second-order valence-corrected chi connectivity index (χ2v) is 5.56. The molecule has 26 heavy (non-hydrogen) atoms. The molecule has 1 N–H and O–H groups in total. The van der Waals surface area contributed by atoms with Gasteiger partial charge in [-0.2, -0.15) is 0 Å². The van der Waals surface area contributed by atoms with E-state index in [1.165, 1.54) is 0 Å². The monoisotopic (exact) mass is 359 g/mol. The first-order valence-corrected chi connectivity index (χ1v) is 8.38. The summed E-state index contributed by atoms with van der Waals surface area (Å²) in [5.41, 5.74) is 1.79. The van der Waals surface area contributed by atoms with Gasteiger partial charge >= 0.3 is 0 Å². The molecule has 0 spiro atoms. The molecule has 0 bridgehead atoms. The highest BCUT2D eigenvalue weighted by Crippen LogP contribution is 2.38. The van der Waals surface area contributed by atoms with Crippen molar-refractivity contribution < 1.29 is 23.7 Å². The van der Waals surface area contributed by atoms with Crippen LogP contribution >= 0.6 is 0 Å². The zero-order chi connectivity index (χ0) is 18.9. The average molecular weight is 359 g/mol. The van der Waals surface area contributed by atoms with Crippen LogP contribution in [0.3, 0.4) is 0 Å². The zero-order valence-electron chi connectivity index (χ0n) is 15.6. The third kappa shape index (κ3) is 5.05. The molecule has 140 valence electrons. The molecular weight excluding hydrogens is 334 g/mol. The lowest BCUT2D eigenvalue weighted by molar-refractivity contribution is -0.120. The minimum Gasteiger partial charge on any atom is -0.494 e. The van der Waals surface area contributed by atoms with Gasteiger partial charge in [0.15, 0.2) is 11.5 Å². The van der Waals surface area contributed by atoms with Gasteiger partial charge in [0.05, 0.1) is 34.4 Å². The molecule has 0 fully saturated rings. The number of carbonyl (C=O) groups is 1. The Labute approximate surface area is 154 Å². The highest BCUT2D eigenvalue weighted by Gasteiger charge is 2.13. The number of rotatable bonds is 9. The molecular formula is C20H25NO5. The molecule has 0 saturated carbocycles. The summed E-state index contributed by atoms with van der Waals surface area (Å²) in [6.45, 7) is 2.92. The van der Waals surface area contributed by atoms with Gasteiger partial charge in [-0.1, -0.05) is 12.1 Å². The Morgan fingerprint density at radius 3 is 2.04 bits per heavy atom. The molecule has 0 aliphatic heterocycles. The number of amides is 1. The van der Waals surface area contributed by atoms with Crippen molar-refractivity contribution in [3.8, 4) is 23.0 Å². The van der Waals surface area contributed by atoms with E-state index < -0.39 is 0 Å². The van der Waals surface area contributed by atoms with E-state index in [9.17, 15) is 4.79 Å². The molecule has 0 aliphatic carbocycles. The summed E-state index contributed by atoms with van der Waals surface area (Å²) < 4.78 is 21.3. The van der Waals surface area contributed by atoms with E-state index in [0.717, 1.165) is 16.9 Å². The van der Waals surface area contributed by atoms with Crippen molar-refractivity contribution in [1.29, 1.82) is 0 Å². The van der Waals surface area contributed by atoms with Crippen LogP contribution in [0.2, 0.25) is 0 Å². The van der Waals surface area contributed by atoms with Gasteiger partial charge in [0.25, 0.3) is 0 Å². The maximum absolute atomic E-state index is 12.2. The molecule has 0 unspecified atom stereocenters. The van der Waals surface area contributed by atoms with E-state index in [1.807, 2.05) is 43.3 Å². The number of hydrogen-bond acceptors (Lipinski definition) is 5. The molecule has 0 saturated heterocycles. The Morgan fingerprint density at radius 2 is 1.54 bits per heavy atom. The normalized spacial score (nSPS) is 10.2. The maximum atomic E-state index is 12.2. The lowest BCUT2D eigenvalue weighted by Gasteiger charge is -2.14. The van der Waals surface area contributed by atoms with Crippen molar-refractivity contribution in [1.82, 2.24) is 5.32 Å². The summed E-state index contributed by atoms with van der Waals surface area (Å²) in [5, 5.41) is 2.91. The quantitative estimate of drug-likeness (QED) is 0.746. The molecule has 2 rings (SSSR count). The summed E-state index contributed by atoms with van der Waals surface area (Å²) in [7, 11) is 4.68. The highest BCUT2D eigenvalue weighted by atomic mass is 16.5. The topological polar surface area (TPSA) is 66.0 Å². The molecule has 6 heteroatoms. The fourth-order valence-electron chi connectivity index (χ4n) is 2.56. The Balaban J connectivity index is 1.98. The predicted octanol–water partition coefficient (Wildman–Crippen LogP) is 2.97. The van der Waals surface area contributed by atoms with Gasteiger partial charge in [-0.15, -0.1) is 0 Å². The number of methoxy groups -OCH3 is 3. The van der Waals surface area contributed by atoms with Crippen LogP contribution in [0, 0.1) is 0 Å². The van der Waals surface area contributed by atoms with Crippen molar-refractivity contribution in [2.45, 2.75) is 19.9 Å². The van der Waals surface area contributed by atoms with E-state index >= 15 is 0 Å². The minimum absolute atomic E-state index is 0.0667. The summed E-state index contributed by atoms with van der Waals surface area (Å²) in [6, 6.07) is 11.2. The lowest BCUT2D eigenvalue weighted by Crippen LogP contribution is -2.24. The van der Waals surface area contributed by atoms with Gasteiger partial charge in [-0.3, -0.25) is 4.79 Å². The van der Waals surface area contributed by atoms with Crippen molar-refractivity contribution in [2.75, 3.05) is 27.9 Å². The molecule has 0 aromatic heterocycles. The summed E-state index contributed by atoms with van der Waals surface area (Å²) in [6.07, 6.45) is 0.302. The molecule has 1 amide bonds. The Hall–Kier alpha value is -2.89. The van der Waals surface area contributed by atoms with Crippen LogP contribution in [0.1, 0.15) is 18.1 Å². The largest absolute Gasteiger partial charge is 0.494 e. The van der Waals surface area contributed by atoms with Crippen LogP contribution in [0.4, 0.5) is 0 Å². The summed E-state index contributed by atoms with van der Waals surface area (Å²) >= 11 is 0. The Kier molecular flexibility index (Phi) is 7.14. The second-order valence-electron chi connectivity index (χ2n) is 5.56. The van der Waals surface area contributed by atoms with Crippen molar-refractivity contribution >= 4 is 5.91 Å². The average Bonchev–Trinajstić information content (AvgIpc) is 2.67. The molecule has 0 heterocycles. The SMILES string of the molecule is CCOc1ccc(CC(=O)NCc2cc(OC)c(OC)c(OC)c2)cc1. The van der Waals surface area contributed by atoms with Crippen LogP contribution < -0.4 is 24.3 Å². The van der Waals surface area contributed by atoms with Crippen LogP contribution in [-0.4, -0.2) is 33.8 Å². The van der Waals surface area contributed by atoms with Crippen LogP contribution in [-0.2, 0) is 17.8 Å². The molecule has 6 nitrogen and oxygen atoms in total. The number of nitrogens with one attached hydrogen (secondary N) is 1. The molecule has 0 atom stereocenters. The summed E-state index contributed by atoms with van der Waals surface area (Å²) in [4.78, 5) is 12.2. The van der Waals surface area contributed by atoms with Crippen LogP contribution in [0.5, 0.6) is 23.0 Å². The molecule has 2 aromatic rings. The first-order chi connectivity index (χ1) is 12.6. The van der Waals surface area contributed by atoms with Gasteiger partial charge in [0.1, 0.15) is 5.75 Å². The van der Waals surface area contributed by atoms with Gasteiger partial charge < -0.3 is 24.3 Å². The van der Waals surface area contributed by atoms with E-state index in [1.54, 1.807) is 21.3 Å². The minimum atomic E-state index is -0.0667. The lowest BCUT2D eigenvalue weighted by atomic mass is 10.1. The van der Waals surface area contributed by atoms with Gasteiger partial charge in [-0.25, -0.2) is 0 Å². The smallest absolute Gasteiger partial charge is 0.224 e. The second kappa shape index (κ2) is 9.56. The van der Waals surface area contributed by atoms with Crippen molar-refractivity contribution in [3.05, 3.63) is 47.5 Å². The third-order valence-electron chi connectivity index (χ3n) is 3.81. The van der Waals surface area contributed by atoms with Crippen LogP contribution in [0.25, 0.3) is 0 Å². The number of ether oxygens (including phenoxy) is 4. The van der Waals surface area contributed by atoms with Crippen molar-refractivity contribution in [2.24, 2.45) is 0 Å². The first-order valence-electron chi connectivity index (χ1n) is 8.38. The van der Waals surface area contributed by atoms with E-state index in [4.69, 9.17) is 18.9 Å². The fraction of sp³-hybridized carbons (Fsp3) is 0.350. The van der Waals surface area contributed by atoms with E-state index in [2.05, 4.69) is 5.32 Å². The van der Waals surface area contributed by atoms with E-state index in [-0.39, 0.29) is 5.91 Å². The molecule has 0 aliphatic rings. The summed E-state index contributed by atoms with van der Waals surface area (Å²) in [5.74, 6) is 2.38. The predicted molar refractivity (Wildman–Crippen MR) is 99.3 cm³/mol. The first kappa shape index (κ1) is 19.4. The van der Waals surface area contributed by atoms with Gasteiger partial charge in [0.2, 0.25) is 11.7 Å².